The van der Waals surface area contributed by atoms with Gasteiger partial charge >= 0.3 is 12.1 Å². The summed E-state index contributed by atoms with van der Waals surface area (Å²) in [6, 6.07) is 5.51. The number of hydrogen-bond donors (Lipinski definition) is 1. The summed E-state index contributed by atoms with van der Waals surface area (Å²) in [5.74, 6) is -0.345. The van der Waals surface area contributed by atoms with Gasteiger partial charge in [0.2, 0.25) is 0 Å². The van der Waals surface area contributed by atoms with Crippen LogP contribution < -0.4 is 5.32 Å². The molecule has 26 heavy (non-hydrogen) atoms. The zero-order valence-electron chi connectivity index (χ0n) is 15.8. The Kier molecular flexibility index (Phi) is 7.06. The molecule has 0 aliphatic carbocycles. The van der Waals surface area contributed by atoms with Crippen LogP contribution in [0, 0.1) is 0 Å². The summed E-state index contributed by atoms with van der Waals surface area (Å²) in [5.41, 5.74) is 1.05. The lowest BCUT2D eigenvalue weighted by Gasteiger charge is -2.33. The molecule has 1 aromatic carbocycles. The summed E-state index contributed by atoms with van der Waals surface area (Å²) in [4.78, 5) is 26.0. The SMILES string of the molecule is COC(=O)c1ccc(Br)c(CN2CCC[C@H](NC(=O)OC(C)(C)C)C2)c1. The molecule has 0 bridgehead atoms. The third-order valence-corrected chi connectivity index (χ3v) is 4.86. The fourth-order valence-corrected chi connectivity index (χ4v) is 3.34. The number of benzene rings is 1. The predicted octanol–water partition coefficient (Wildman–Crippen LogP) is 3.72. The molecule has 0 aromatic heterocycles. The van der Waals surface area contributed by atoms with E-state index >= 15 is 0 Å². The second-order valence-corrected chi connectivity index (χ2v) is 8.37. The van der Waals surface area contributed by atoms with Crippen LogP contribution in [0.3, 0.4) is 0 Å². The Bertz CT molecular complexity index is 657. The van der Waals surface area contributed by atoms with Crippen LogP contribution in [0.4, 0.5) is 4.79 Å². The molecule has 144 valence electrons. The molecule has 0 unspecified atom stereocenters. The maximum absolute atomic E-state index is 12.0. The molecule has 1 aliphatic heterocycles. The van der Waals surface area contributed by atoms with E-state index in [1.165, 1.54) is 7.11 Å². The standard InChI is InChI=1S/C19H27BrN2O4/c1-19(2,3)26-18(24)21-15-6-5-9-22(12-15)11-14-10-13(17(23)25-4)7-8-16(14)20/h7-8,10,15H,5-6,9,11-12H2,1-4H3,(H,21,24)/t15-/m0/s1. The number of halogens is 1. The lowest BCUT2D eigenvalue weighted by Crippen LogP contribution is -2.48. The predicted molar refractivity (Wildman–Crippen MR) is 103 cm³/mol. The van der Waals surface area contributed by atoms with Gasteiger partial charge in [-0.3, -0.25) is 4.90 Å². The highest BCUT2D eigenvalue weighted by atomic mass is 79.9. The van der Waals surface area contributed by atoms with E-state index in [4.69, 9.17) is 9.47 Å². The average Bonchev–Trinajstić information content (AvgIpc) is 2.54. The van der Waals surface area contributed by atoms with Crippen LogP contribution in [0.25, 0.3) is 0 Å². The molecule has 1 N–H and O–H groups in total. The summed E-state index contributed by atoms with van der Waals surface area (Å²) in [7, 11) is 1.38. The van der Waals surface area contributed by atoms with E-state index in [-0.39, 0.29) is 18.1 Å². The van der Waals surface area contributed by atoms with E-state index in [0.29, 0.717) is 12.1 Å². The number of hydrogen-bond acceptors (Lipinski definition) is 5. The number of likely N-dealkylation sites (tertiary alicyclic amines) is 1. The number of nitrogens with one attached hydrogen (secondary N) is 1. The second-order valence-electron chi connectivity index (χ2n) is 7.52. The second kappa shape index (κ2) is 8.86. The van der Waals surface area contributed by atoms with Gasteiger partial charge in [0.25, 0.3) is 0 Å². The fraction of sp³-hybridized carbons (Fsp3) is 0.579. The Hall–Kier alpha value is -1.60. The summed E-state index contributed by atoms with van der Waals surface area (Å²) < 4.78 is 11.1. The highest BCUT2D eigenvalue weighted by molar-refractivity contribution is 9.10. The number of nitrogens with zero attached hydrogens (tertiary/aromatic N) is 1. The first-order valence-corrected chi connectivity index (χ1v) is 9.56. The Labute approximate surface area is 163 Å². The summed E-state index contributed by atoms with van der Waals surface area (Å²) in [5, 5.41) is 2.96. The van der Waals surface area contributed by atoms with Gasteiger partial charge < -0.3 is 14.8 Å². The van der Waals surface area contributed by atoms with Crippen molar-refractivity contribution < 1.29 is 19.1 Å². The van der Waals surface area contributed by atoms with Gasteiger partial charge in [-0.1, -0.05) is 15.9 Å². The first-order chi connectivity index (χ1) is 12.2. The smallest absolute Gasteiger partial charge is 0.407 e. The number of carbonyl (C=O) groups is 2. The molecule has 1 amide bonds. The monoisotopic (exact) mass is 426 g/mol. The van der Waals surface area contributed by atoms with E-state index in [9.17, 15) is 9.59 Å². The third kappa shape index (κ3) is 6.29. The van der Waals surface area contributed by atoms with E-state index in [1.807, 2.05) is 32.9 Å². The van der Waals surface area contributed by atoms with Gasteiger partial charge in [0.1, 0.15) is 5.60 Å². The topological polar surface area (TPSA) is 67.9 Å². The van der Waals surface area contributed by atoms with Gasteiger partial charge in [-0.05, 0) is 63.9 Å². The maximum Gasteiger partial charge on any atom is 0.407 e. The molecular formula is C19H27BrN2O4. The summed E-state index contributed by atoms with van der Waals surface area (Å²) in [6.45, 7) is 7.94. The minimum atomic E-state index is -0.502. The first kappa shape index (κ1) is 20.7. The third-order valence-electron chi connectivity index (χ3n) is 4.09. The van der Waals surface area contributed by atoms with Gasteiger partial charge in [0.05, 0.1) is 12.7 Å². The van der Waals surface area contributed by atoms with Crippen LogP contribution in [-0.2, 0) is 16.0 Å². The van der Waals surface area contributed by atoms with Crippen LogP contribution in [0.5, 0.6) is 0 Å². The number of alkyl carbamates (subject to hydrolysis) is 1. The van der Waals surface area contributed by atoms with Gasteiger partial charge in [-0.25, -0.2) is 9.59 Å². The molecule has 0 spiro atoms. The van der Waals surface area contributed by atoms with Crippen molar-refractivity contribution in [3.05, 3.63) is 33.8 Å². The maximum atomic E-state index is 12.0. The van der Waals surface area contributed by atoms with Gasteiger partial charge in [0.15, 0.2) is 0 Å². The van der Waals surface area contributed by atoms with E-state index in [1.54, 1.807) is 6.07 Å². The van der Waals surface area contributed by atoms with Crippen molar-refractivity contribution in [1.82, 2.24) is 10.2 Å². The van der Waals surface area contributed by atoms with Crippen molar-refractivity contribution in [2.45, 2.75) is 51.8 Å². The molecular weight excluding hydrogens is 400 g/mol. The van der Waals surface area contributed by atoms with Crippen molar-refractivity contribution in [3.63, 3.8) is 0 Å². The largest absolute Gasteiger partial charge is 0.465 e. The van der Waals surface area contributed by atoms with Crippen molar-refractivity contribution in [3.8, 4) is 0 Å². The minimum absolute atomic E-state index is 0.0566. The summed E-state index contributed by atoms with van der Waals surface area (Å²) >= 11 is 3.55. The highest BCUT2D eigenvalue weighted by Gasteiger charge is 2.24. The van der Waals surface area contributed by atoms with Crippen molar-refractivity contribution in [1.29, 1.82) is 0 Å². The molecule has 7 heteroatoms. The Morgan fingerprint density at radius 1 is 1.35 bits per heavy atom. The molecule has 1 heterocycles. The Morgan fingerprint density at radius 3 is 2.73 bits per heavy atom. The number of amides is 1. The molecule has 6 nitrogen and oxygen atoms in total. The summed E-state index contributed by atoms with van der Waals surface area (Å²) in [6.07, 6.45) is 1.55. The molecule has 2 rings (SSSR count). The van der Waals surface area contributed by atoms with E-state index in [0.717, 1.165) is 36.0 Å². The molecule has 0 saturated carbocycles. The minimum Gasteiger partial charge on any atom is -0.465 e. The number of rotatable bonds is 4. The fourth-order valence-electron chi connectivity index (χ4n) is 2.97. The molecule has 1 aromatic rings. The average molecular weight is 427 g/mol. The first-order valence-electron chi connectivity index (χ1n) is 8.76. The molecule has 1 fully saturated rings. The zero-order chi connectivity index (χ0) is 19.3. The molecule has 1 aliphatic rings. The van der Waals surface area contributed by atoms with Gasteiger partial charge in [-0.15, -0.1) is 0 Å². The number of carbonyl (C=O) groups excluding carboxylic acids is 2. The lowest BCUT2D eigenvalue weighted by molar-refractivity contribution is 0.0469. The normalized spacial score (nSPS) is 18.3. The van der Waals surface area contributed by atoms with Crippen LogP contribution in [-0.4, -0.2) is 48.8 Å². The molecule has 1 atom stereocenters. The quantitative estimate of drug-likeness (QED) is 0.742. The van der Waals surface area contributed by atoms with Crippen LogP contribution >= 0.6 is 15.9 Å². The lowest BCUT2D eigenvalue weighted by atomic mass is 10.0. The van der Waals surface area contributed by atoms with Gasteiger partial charge in [-0.2, -0.15) is 0 Å². The van der Waals surface area contributed by atoms with Crippen molar-refractivity contribution in [2.75, 3.05) is 20.2 Å². The van der Waals surface area contributed by atoms with Crippen molar-refractivity contribution in [2.24, 2.45) is 0 Å². The van der Waals surface area contributed by atoms with Crippen LogP contribution in [0.15, 0.2) is 22.7 Å². The molecule has 1 saturated heterocycles. The highest BCUT2D eigenvalue weighted by Crippen LogP contribution is 2.22. The van der Waals surface area contributed by atoms with Crippen molar-refractivity contribution >= 4 is 28.0 Å². The molecule has 0 radical (unpaired) electrons. The number of ether oxygens (including phenoxy) is 2. The Balaban J connectivity index is 1.98. The Morgan fingerprint density at radius 2 is 2.08 bits per heavy atom. The van der Waals surface area contributed by atoms with Crippen LogP contribution in [0.1, 0.15) is 49.5 Å². The zero-order valence-corrected chi connectivity index (χ0v) is 17.4. The van der Waals surface area contributed by atoms with Gasteiger partial charge in [0, 0.05) is 23.6 Å². The van der Waals surface area contributed by atoms with E-state index < -0.39 is 5.60 Å². The van der Waals surface area contributed by atoms with Crippen LogP contribution in [0.2, 0.25) is 0 Å². The number of esters is 1. The number of methoxy groups -OCH3 is 1. The van der Waals surface area contributed by atoms with E-state index in [2.05, 4.69) is 26.1 Å². The number of piperidine rings is 1.